The molecule has 0 bridgehead atoms. The molecule has 0 saturated carbocycles. The molecule has 2 aromatic heterocycles. The Hall–Kier alpha value is -4.32. The number of rotatable bonds is 18. The minimum absolute atomic E-state index is 0.135. The van der Waals surface area contributed by atoms with E-state index in [0.717, 1.165) is 79.3 Å². The molecule has 3 heterocycles. The summed E-state index contributed by atoms with van der Waals surface area (Å²) >= 11 is 0. The SMILES string of the molecule is CCCCOCCOc1ccc(-c2cnc(N3CCC(CO)C3)c(/C=C(\C)C(=O)Nc3ccc(S(=O)Cc4cncn4CCC)cc3)c2)cc1. The monoisotopic (exact) mass is 699 g/mol. The number of benzene rings is 2. The summed E-state index contributed by atoms with van der Waals surface area (Å²) < 4.78 is 26.5. The Morgan fingerprint density at radius 1 is 1.04 bits per heavy atom. The van der Waals surface area contributed by atoms with E-state index in [1.165, 1.54) is 0 Å². The van der Waals surface area contributed by atoms with E-state index in [0.29, 0.717) is 41.7 Å². The van der Waals surface area contributed by atoms with Gasteiger partial charge in [0.2, 0.25) is 0 Å². The van der Waals surface area contributed by atoms with Crippen molar-refractivity contribution in [2.24, 2.45) is 5.92 Å². The number of nitrogens with zero attached hydrogens (tertiary/aromatic N) is 4. The number of amides is 1. The molecular formula is C39H49N5O5S. The highest BCUT2D eigenvalue weighted by Gasteiger charge is 2.25. The second-order valence-corrected chi connectivity index (χ2v) is 14.1. The van der Waals surface area contributed by atoms with Crippen LogP contribution < -0.4 is 15.0 Å². The number of aryl methyl sites for hydroxylation is 1. The van der Waals surface area contributed by atoms with Gasteiger partial charge >= 0.3 is 0 Å². The number of hydrogen-bond acceptors (Lipinski definition) is 8. The molecule has 2 unspecified atom stereocenters. The summed E-state index contributed by atoms with van der Waals surface area (Å²) in [5.74, 6) is 1.89. The topological polar surface area (TPSA) is 119 Å². The summed E-state index contributed by atoms with van der Waals surface area (Å²) in [6, 6.07) is 17.1. The Bertz CT molecular complexity index is 1740. The average molecular weight is 700 g/mol. The molecule has 2 atom stereocenters. The predicted octanol–water partition coefficient (Wildman–Crippen LogP) is 6.72. The van der Waals surface area contributed by atoms with Crippen molar-refractivity contribution in [1.82, 2.24) is 14.5 Å². The Morgan fingerprint density at radius 3 is 2.56 bits per heavy atom. The van der Waals surface area contributed by atoms with Crippen molar-refractivity contribution in [3.05, 3.63) is 90.1 Å². The van der Waals surface area contributed by atoms with Gasteiger partial charge in [0.15, 0.2) is 0 Å². The number of aliphatic hydroxyl groups excluding tert-OH is 1. The van der Waals surface area contributed by atoms with Crippen LogP contribution in [0, 0.1) is 5.92 Å². The second-order valence-electron chi connectivity index (χ2n) is 12.6. The number of nitrogens with one attached hydrogen (secondary N) is 1. The number of aromatic nitrogens is 3. The van der Waals surface area contributed by atoms with Gasteiger partial charge in [0.25, 0.3) is 5.91 Å². The number of carbonyl (C=O) groups excluding carboxylic acids is 1. The fourth-order valence-corrected chi connectivity index (χ4v) is 6.95. The molecular weight excluding hydrogens is 651 g/mol. The van der Waals surface area contributed by atoms with Gasteiger partial charge < -0.3 is 29.4 Å². The molecule has 50 heavy (non-hydrogen) atoms. The third-order valence-corrected chi connectivity index (χ3v) is 10.1. The van der Waals surface area contributed by atoms with Crippen LogP contribution in [0.3, 0.4) is 0 Å². The maximum atomic E-state index is 13.4. The highest BCUT2D eigenvalue weighted by atomic mass is 32.2. The minimum Gasteiger partial charge on any atom is -0.491 e. The van der Waals surface area contributed by atoms with Crippen LogP contribution in [-0.2, 0) is 32.6 Å². The molecule has 1 fully saturated rings. The molecule has 1 aliphatic rings. The summed E-state index contributed by atoms with van der Waals surface area (Å²) in [4.78, 5) is 25.3. The first-order chi connectivity index (χ1) is 24.4. The zero-order valence-electron chi connectivity index (χ0n) is 29.3. The highest BCUT2D eigenvalue weighted by Crippen LogP contribution is 2.31. The number of hydrogen-bond donors (Lipinski definition) is 2. The third kappa shape index (κ3) is 10.1. The van der Waals surface area contributed by atoms with E-state index in [4.69, 9.17) is 14.5 Å². The molecule has 11 heteroatoms. The van der Waals surface area contributed by atoms with Crippen molar-refractivity contribution in [3.63, 3.8) is 0 Å². The zero-order chi connectivity index (χ0) is 35.3. The van der Waals surface area contributed by atoms with Gasteiger partial charge in [-0.3, -0.25) is 9.00 Å². The van der Waals surface area contributed by atoms with Gasteiger partial charge in [-0.05, 0) is 80.3 Å². The lowest BCUT2D eigenvalue weighted by atomic mass is 10.0. The number of ether oxygens (including phenoxy) is 2. The van der Waals surface area contributed by atoms with E-state index < -0.39 is 10.8 Å². The van der Waals surface area contributed by atoms with Gasteiger partial charge in [-0.1, -0.05) is 32.4 Å². The Morgan fingerprint density at radius 2 is 1.84 bits per heavy atom. The molecule has 1 saturated heterocycles. The Kier molecular flexibility index (Phi) is 13.8. The maximum absolute atomic E-state index is 13.4. The van der Waals surface area contributed by atoms with Crippen LogP contribution in [0.2, 0.25) is 0 Å². The standard InChI is InChI=1S/C39H49N5O5S/c1-4-6-18-48-19-20-49-36-11-7-31(8-12-36)33-22-32(38(41-23-33)43-17-15-30(25-43)26-45)21-29(3)39(46)42-34-9-13-37(14-10-34)50(47)27-35-24-40-28-44(35)16-5-2/h7-14,21-24,28,30,45H,4-6,15-20,25-27H2,1-3H3,(H,42,46)/b29-21+. The molecule has 2 N–H and O–H groups in total. The molecule has 0 aliphatic carbocycles. The number of aliphatic hydroxyl groups is 1. The van der Waals surface area contributed by atoms with Crippen molar-refractivity contribution < 1.29 is 23.6 Å². The Balaban J connectivity index is 1.28. The van der Waals surface area contributed by atoms with Crippen LogP contribution >= 0.6 is 0 Å². The van der Waals surface area contributed by atoms with Crippen molar-refractivity contribution in [3.8, 4) is 16.9 Å². The first-order valence-electron chi connectivity index (χ1n) is 17.5. The van der Waals surface area contributed by atoms with Gasteiger partial charge in [0, 0.05) is 78.4 Å². The summed E-state index contributed by atoms with van der Waals surface area (Å²) in [5, 5.41) is 12.7. The molecule has 10 nitrogen and oxygen atoms in total. The smallest absolute Gasteiger partial charge is 0.251 e. The lowest BCUT2D eigenvalue weighted by Gasteiger charge is -2.21. The summed E-state index contributed by atoms with van der Waals surface area (Å²) in [7, 11) is -1.24. The predicted molar refractivity (Wildman–Crippen MR) is 200 cm³/mol. The largest absolute Gasteiger partial charge is 0.491 e. The quantitative estimate of drug-likeness (QED) is 0.0869. The van der Waals surface area contributed by atoms with Crippen LogP contribution in [0.1, 0.15) is 57.7 Å². The third-order valence-electron chi connectivity index (χ3n) is 8.71. The molecule has 4 aromatic rings. The summed E-state index contributed by atoms with van der Waals surface area (Å²) in [5.41, 5.74) is 4.80. The maximum Gasteiger partial charge on any atom is 0.251 e. The van der Waals surface area contributed by atoms with Gasteiger partial charge in [0.1, 0.15) is 18.2 Å². The van der Waals surface area contributed by atoms with E-state index in [1.807, 2.05) is 41.1 Å². The lowest BCUT2D eigenvalue weighted by Crippen LogP contribution is -2.22. The molecule has 266 valence electrons. The van der Waals surface area contributed by atoms with Crippen molar-refractivity contribution >= 4 is 34.3 Å². The number of imidazole rings is 1. The average Bonchev–Trinajstić information content (AvgIpc) is 3.80. The normalized spacial score (nSPS) is 15.3. The molecule has 0 spiro atoms. The van der Waals surface area contributed by atoms with Crippen LogP contribution in [0.5, 0.6) is 5.75 Å². The van der Waals surface area contributed by atoms with E-state index >= 15 is 0 Å². The number of carbonyl (C=O) groups is 1. The van der Waals surface area contributed by atoms with Gasteiger partial charge in [-0.15, -0.1) is 0 Å². The van der Waals surface area contributed by atoms with E-state index in [-0.39, 0.29) is 18.4 Å². The van der Waals surface area contributed by atoms with Crippen LogP contribution in [-0.4, -0.2) is 69.3 Å². The molecule has 1 amide bonds. The minimum atomic E-state index is -1.24. The number of pyridine rings is 1. The van der Waals surface area contributed by atoms with Gasteiger partial charge in [-0.25, -0.2) is 9.97 Å². The van der Waals surface area contributed by atoms with E-state index in [2.05, 4.69) is 35.1 Å². The van der Waals surface area contributed by atoms with Crippen LogP contribution in [0.4, 0.5) is 11.5 Å². The first kappa shape index (κ1) is 36.9. The fraction of sp³-hybridized carbons (Fsp3) is 0.410. The molecule has 2 aromatic carbocycles. The summed E-state index contributed by atoms with van der Waals surface area (Å²) in [6.07, 6.45) is 11.3. The Labute approximate surface area is 298 Å². The number of anilines is 2. The fourth-order valence-electron chi connectivity index (χ4n) is 5.83. The molecule has 1 aliphatic heterocycles. The molecule has 5 rings (SSSR count). The number of unbranched alkanes of at least 4 members (excludes halogenated alkanes) is 1. The van der Waals surface area contributed by atoms with Gasteiger partial charge in [-0.2, -0.15) is 0 Å². The highest BCUT2D eigenvalue weighted by molar-refractivity contribution is 7.84. The van der Waals surface area contributed by atoms with Crippen molar-refractivity contribution in [2.45, 2.75) is 63.6 Å². The van der Waals surface area contributed by atoms with Crippen molar-refractivity contribution in [1.29, 1.82) is 0 Å². The van der Waals surface area contributed by atoms with E-state index in [1.54, 1.807) is 43.7 Å². The molecule has 0 radical (unpaired) electrons. The summed E-state index contributed by atoms with van der Waals surface area (Å²) in [6.45, 7) is 10.3. The zero-order valence-corrected chi connectivity index (χ0v) is 30.2. The van der Waals surface area contributed by atoms with E-state index in [9.17, 15) is 14.1 Å². The van der Waals surface area contributed by atoms with Crippen LogP contribution in [0.25, 0.3) is 17.2 Å². The van der Waals surface area contributed by atoms with Crippen LogP contribution in [0.15, 0.2) is 83.8 Å². The van der Waals surface area contributed by atoms with Crippen molar-refractivity contribution in [2.75, 3.05) is 49.7 Å². The lowest BCUT2D eigenvalue weighted by molar-refractivity contribution is -0.112. The second kappa shape index (κ2) is 18.6. The van der Waals surface area contributed by atoms with Gasteiger partial charge in [0.05, 0.1) is 35.2 Å². The first-order valence-corrected chi connectivity index (χ1v) is 18.8.